The van der Waals surface area contributed by atoms with Gasteiger partial charge in [0.05, 0.1) is 15.1 Å². The molecule has 1 aromatic heterocycles. The molecule has 1 heteroatoms. The molecule has 0 spiro atoms. The minimum absolute atomic E-state index is 0.0308. The lowest BCUT2D eigenvalue weighted by atomic mass is 9.98. The van der Waals surface area contributed by atoms with Crippen molar-refractivity contribution >= 4 is 31.5 Å². The van der Waals surface area contributed by atoms with Crippen molar-refractivity contribution in [2.24, 2.45) is 0 Å². The van der Waals surface area contributed by atoms with Gasteiger partial charge in [-0.15, -0.1) is 11.3 Å². The number of benzene rings is 3. The van der Waals surface area contributed by atoms with E-state index in [0.29, 0.717) is 0 Å². The average Bonchev–Trinajstić information content (AvgIpc) is 3.14. The van der Waals surface area contributed by atoms with Gasteiger partial charge in [0.1, 0.15) is 0 Å². The fourth-order valence-electron chi connectivity index (χ4n) is 2.16. The largest absolute Gasteiger partial charge is 0.135 e. The summed E-state index contributed by atoms with van der Waals surface area (Å²) in [4.78, 5) is 0. The molecule has 3 aromatic carbocycles. The van der Waals surface area contributed by atoms with Gasteiger partial charge in [-0.3, -0.25) is 0 Å². The normalized spacial score (nSPS) is 18.9. The Hall–Kier alpha value is -2.12. The van der Waals surface area contributed by atoms with Gasteiger partial charge in [-0.2, -0.15) is 0 Å². The molecule has 0 saturated heterocycles. The first-order chi connectivity index (χ1) is 14.4. The van der Waals surface area contributed by atoms with E-state index in [-0.39, 0.29) is 61.0 Å². The summed E-state index contributed by atoms with van der Waals surface area (Å²) in [5.74, 6) is 0. The van der Waals surface area contributed by atoms with E-state index in [9.17, 15) is 0 Å². The Bertz CT molecular complexity index is 1420. The second-order valence-electron chi connectivity index (χ2n) is 4.26. The Morgan fingerprint density at radius 3 is 2.45 bits per heavy atom. The molecule has 0 aliphatic rings. The van der Waals surface area contributed by atoms with Crippen LogP contribution in [0.4, 0.5) is 0 Å². The molecule has 0 aliphatic heterocycles. The third-order valence-electron chi connectivity index (χ3n) is 2.95. The van der Waals surface area contributed by atoms with Gasteiger partial charge < -0.3 is 0 Å². The zero-order valence-electron chi connectivity index (χ0n) is 21.4. The first kappa shape index (κ1) is 5.01. The van der Waals surface area contributed by atoms with Gasteiger partial charge in [-0.1, -0.05) is 54.4 Å². The van der Waals surface area contributed by atoms with Crippen LogP contribution in [-0.4, -0.2) is 0 Å². The molecule has 1 heterocycles. The summed E-state index contributed by atoms with van der Waals surface area (Å²) in [5.41, 5.74) is -0.0379. The zero-order chi connectivity index (χ0) is 23.1. The van der Waals surface area contributed by atoms with Gasteiger partial charge in [0, 0.05) is 20.2 Å². The first-order valence-electron chi connectivity index (χ1n) is 11.4. The third kappa shape index (κ3) is 1.75. The molecule has 0 saturated carbocycles. The summed E-state index contributed by atoms with van der Waals surface area (Å²) >= 11 is 0.972. The highest BCUT2D eigenvalue weighted by atomic mass is 32.1. The van der Waals surface area contributed by atoms with E-state index >= 15 is 0 Å². The van der Waals surface area contributed by atoms with E-state index in [1.807, 2.05) is 0 Å². The van der Waals surface area contributed by atoms with E-state index in [1.54, 1.807) is 0 Å². The van der Waals surface area contributed by atoms with Gasteiger partial charge >= 0.3 is 0 Å². The van der Waals surface area contributed by atoms with Crippen molar-refractivity contribution < 1.29 is 15.1 Å². The van der Waals surface area contributed by atoms with Crippen LogP contribution in [0.1, 0.15) is 20.6 Å². The smallest absolute Gasteiger partial charge is 0.0641 e. The molecule has 0 nitrogen and oxygen atoms in total. The number of fused-ring (bicyclic) bond motifs is 3. The van der Waals surface area contributed by atoms with Gasteiger partial charge in [0.25, 0.3) is 0 Å². The molecule has 0 bridgehead atoms. The minimum atomic E-state index is -0.576. The maximum Gasteiger partial charge on any atom is 0.0641 e. The molecular formula is C19H14S. The summed E-state index contributed by atoms with van der Waals surface area (Å²) in [6.45, 7) is 1.52. The monoisotopic (exact) mass is 285 g/mol. The zero-order valence-corrected chi connectivity index (χ0v) is 11.2. The molecule has 0 radical (unpaired) electrons. The highest BCUT2D eigenvalue weighted by Gasteiger charge is 2.11. The van der Waals surface area contributed by atoms with E-state index in [2.05, 4.69) is 0 Å². The molecule has 0 N–H and O–H groups in total. The van der Waals surface area contributed by atoms with Crippen LogP contribution < -0.4 is 0 Å². The number of hydrogen-bond donors (Lipinski definition) is 0. The molecule has 0 amide bonds. The van der Waals surface area contributed by atoms with E-state index in [1.165, 1.54) is 6.92 Å². The van der Waals surface area contributed by atoms with Crippen molar-refractivity contribution in [1.82, 2.24) is 0 Å². The Balaban J connectivity index is 2.40. The minimum Gasteiger partial charge on any atom is -0.135 e. The lowest BCUT2D eigenvalue weighted by molar-refractivity contribution is 1.51. The highest BCUT2D eigenvalue weighted by Crippen LogP contribution is 2.40. The molecule has 0 aliphatic carbocycles. The van der Waals surface area contributed by atoms with Crippen LogP contribution in [0, 0.1) is 6.92 Å². The highest BCUT2D eigenvalue weighted by molar-refractivity contribution is 7.25. The predicted molar refractivity (Wildman–Crippen MR) is 89.5 cm³/mol. The van der Waals surface area contributed by atoms with Gasteiger partial charge in [-0.05, 0) is 35.7 Å². The van der Waals surface area contributed by atoms with Gasteiger partial charge in [0.2, 0.25) is 0 Å². The predicted octanol–water partition coefficient (Wildman–Crippen LogP) is 6.03. The molecule has 0 unspecified atom stereocenters. The lowest BCUT2D eigenvalue weighted by Crippen LogP contribution is -1.81. The maximum absolute atomic E-state index is 8.63. The molecule has 0 fully saturated rings. The van der Waals surface area contributed by atoms with Gasteiger partial charge in [0.15, 0.2) is 0 Å². The van der Waals surface area contributed by atoms with E-state index in [4.69, 9.17) is 15.1 Å². The van der Waals surface area contributed by atoms with Crippen LogP contribution in [-0.2, 0) is 0 Å². The van der Waals surface area contributed by atoms with Crippen LogP contribution in [0.2, 0.25) is 0 Å². The average molecular weight is 285 g/mol. The van der Waals surface area contributed by atoms with Crippen molar-refractivity contribution in [3.63, 3.8) is 0 Å². The fraction of sp³-hybridized carbons (Fsp3) is 0.0526. The van der Waals surface area contributed by atoms with Gasteiger partial charge in [-0.25, -0.2) is 0 Å². The van der Waals surface area contributed by atoms with Crippen molar-refractivity contribution in [2.75, 3.05) is 0 Å². The molecule has 4 aromatic rings. The molecule has 0 atom stereocenters. The molecule has 20 heavy (non-hydrogen) atoms. The fourth-order valence-corrected chi connectivity index (χ4v) is 3.23. The quantitative estimate of drug-likeness (QED) is 0.400. The summed E-state index contributed by atoms with van der Waals surface area (Å²) in [6, 6.07) is -4.56. The summed E-state index contributed by atoms with van der Waals surface area (Å²) in [7, 11) is 0. The molecular weight excluding hydrogens is 260 g/mol. The van der Waals surface area contributed by atoms with Crippen LogP contribution in [0.25, 0.3) is 31.3 Å². The Labute approximate surface area is 137 Å². The summed E-state index contributed by atoms with van der Waals surface area (Å²) < 4.78 is 90.7. The summed E-state index contributed by atoms with van der Waals surface area (Å²) in [5, 5.41) is 0.209. The van der Waals surface area contributed by atoms with E-state index < -0.39 is 42.3 Å². The Morgan fingerprint density at radius 1 is 0.850 bits per heavy atom. The standard InChI is InChI=1S/C19H14S/c1-13-11-16(14-7-3-2-4-8-14)19-15-9-5-6-10-17(15)20-18(19)12-13/h2-12H,1H3/i2D,3D,4D,5D,6D,7D,8D,9D,10D,11D,12D. The maximum atomic E-state index is 8.63. The number of rotatable bonds is 1. The third-order valence-corrected chi connectivity index (χ3v) is 3.97. The topological polar surface area (TPSA) is 0 Å². The van der Waals surface area contributed by atoms with E-state index in [0.717, 1.165) is 11.3 Å². The van der Waals surface area contributed by atoms with Crippen LogP contribution in [0.5, 0.6) is 0 Å². The van der Waals surface area contributed by atoms with Crippen LogP contribution in [0.15, 0.2) is 66.5 Å². The Kier molecular flexibility index (Phi) is 1.12. The lowest BCUT2D eigenvalue weighted by Gasteiger charge is -2.06. The first-order valence-corrected chi connectivity index (χ1v) is 6.72. The summed E-state index contributed by atoms with van der Waals surface area (Å²) in [6.07, 6.45) is 0. The Morgan fingerprint density at radius 2 is 1.60 bits per heavy atom. The second-order valence-corrected chi connectivity index (χ2v) is 5.28. The van der Waals surface area contributed by atoms with Crippen LogP contribution in [0.3, 0.4) is 0 Å². The number of thiophene rings is 1. The van der Waals surface area contributed by atoms with Crippen molar-refractivity contribution in [1.29, 1.82) is 0 Å². The number of hydrogen-bond acceptors (Lipinski definition) is 1. The second kappa shape index (κ2) is 4.46. The van der Waals surface area contributed by atoms with Crippen molar-refractivity contribution in [3.8, 4) is 11.1 Å². The molecule has 96 valence electrons. The molecule has 4 rings (SSSR count). The van der Waals surface area contributed by atoms with Crippen molar-refractivity contribution in [3.05, 3.63) is 72.0 Å². The van der Waals surface area contributed by atoms with Crippen LogP contribution >= 0.6 is 11.3 Å². The SMILES string of the molecule is [2H]c1c([2H])c([2H])c(-c2c([2H])c(C)c([2H])c3sc4c([2H])c([2H])c([2H])c([2H])c4c23)c([2H])c1[2H]. The van der Waals surface area contributed by atoms with Crippen molar-refractivity contribution in [2.45, 2.75) is 6.92 Å².